The van der Waals surface area contributed by atoms with Crippen LogP contribution in [0.3, 0.4) is 0 Å². The maximum atomic E-state index is 12.0. The van der Waals surface area contributed by atoms with Crippen molar-refractivity contribution in [2.75, 3.05) is 20.3 Å². The molecule has 0 aliphatic rings. The number of ether oxygens (including phenoxy) is 2. The third-order valence-electron chi connectivity index (χ3n) is 3.09. The van der Waals surface area contributed by atoms with Gasteiger partial charge in [-0.3, -0.25) is 4.79 Å². The van der Waals surface area contributed by atoms with E-state index in [9.17, 15) is 9.59 Å². The number of hydrogen-bond acceptors (Lipinski definition) is 6. The number of methoxy groups -OCH3 is 1. The highest BCUT2D eigenvalue weighted by Crippen LogP contribution is 2.25. The summed E-state index contributed by atoms with van der Waals surface area (Å²) in [4.78, 5) is 27.8. The second kappa shape index (κ2) is 8.44. The molecule has 1 amide bonds. The fraction of sp³-hybridized carbons (Fsp3) is 0.353. The number of thiazole rings is 1. The zero-order chi connectivity index (χ0) is 17.5. The van der Waals surface area contributed by atoms with E-state index in [2.05, 4.69) is 10.3 Å². The number of carbonyl (C=O) groups excluding carboxylic acids is 2. The van der Waals surface area contributed by atoms with E-state index in [1.54, 1.807) is 12.5 Å². The highest BCUT2D eigenvalue weighted by Gasteiger charge is 2.15. The lowest BCUT2D eigenvalue weighted by molar-refractivity contribution is -0.124. The Balaban J connectivity index is 1.92. The zero-order valence-electron chi connectivity index (χ0n) is 13.9. The van der Waals surface area contributed by atoms with E-state index in [0.717, 1.165) is 11.3 Å². The molecule has 0 aliphatic carbocycles. The van der Waals surface area contributed by atoms with Crippen LogP contribution in [0.25, 0.3) is 10.6 Å². The van der Waals surface area contributed by atoms with E-state index in [1.165, 1.54) is 11.3 Å². The van der Waals surface area contributed by atoms with Gasteiger partial charge < -0.3 is 14.8 Å². The van der Waals surface area contributed by atoms with Crippen LogP contribution in [0.5, 0.6) is 5.75 Å². The smallest absolute Gasteiger partial charge is 0.358 e. The van der Waals surface area contributed by atoms with Crippen LogP contribution < -0.4 is 10.1 Å². The molecule has 0 spiro atoms. The SMILES string of the molecule is COc1ccc(-c2nc(C(=O)OCC(=O)NCC(C)C)cs2)cc1. The molecule has 128 valence electrons. The first-order valence-corrected chi connectivity index (χ1v) is 8.41. The zero-order valence-corrected chi connectivity index (χ0v) is 14.7. The summed E-state index contributed by atoms with van der Waals surface area (Å²) in [5, 5.41) is 5.01. The molecule has 0 fully saturated rings. The maximum absolute atomic E-state index is 12.0. The summed E-state index contributed by atoms with van der Waals surface area (Å²) in [6.45, 7) is 4.22. The second-order valence-electron chi connectivity index (χ2n) is 5.54. The Bertz CT molecular complexity index is 695. The highest BCUT2D eigenvalue weighted by molar-refractivity contribution is 7.13. The van der Waals surface area contributed by atoms with E-state index in [-0.39, 0.29) is 18.2 Å². The molecule has 6 nitrogen and oxygen atoms in total. The fourth-order valence-corrected chi connectivity index (χ4v) is 2.60. The molecule has 0 saturated heterocycles. The molecule has 1 heterocycles. The average molecular weight is 348 g/mol. The lowest BCUT2D eigenvalue weighted by Gasteiger charge is -2.07. The Hall–Kier alpha value is -2.41. The van der Waals surface area contributed by atoms with Crippen molar-refractivity contribution in [3.8, 4) is 16.3 Å². The van der Waals surface area contributed by atoms with Crippen molar-refractivity contribution < 1.29 is 19.1 Å². The molecule has 0 unspecified atom stereocenters. The number of hydrogen-bond donors (Lipinski definition) is 1. The summed E-state index contributed by atoms with van der Waals surface area (Å²) >= 11 is 1.34. The van der Waals surface area contributed by atoms with E-state index < -0.39 is 5.97 Å². The third-order valence-corrected chi connectivity index (χ3v) is 3.98. The topological polar surface area (TPSA) is 77.5 Å². The molecule has 1 N–H and O–H groups in total. The molecular weight excluding hydrogens is 328 g/mol. The largest absolute Gasteiger partial charge is 0.497 e. The first kappa shape index (κ1) is 17.9. The van der Waals surface area contributed by atoms with Gasteiger partial charge in [0.15, 0.2) is 12.3 Å². The molecule has 0 aliphatic heterocycles. The molecule has 2 rings (SSSR count). The van der Waals surface area contributed by atoms with E-state index in [4.69, 9.17) is 9.47 Å². The number of benzene rings is 1. The Labute approximate surface area is 144 Å². The van der Waals surface area contributed by atoms with Gasteiger partial charge in [-0.1, -0.05) is 13.8 Å². The van der Waals surface area contributed by atoms with Crippen molar-refractivity contribution in [3.05, 3.63) is 35.3 Å². The molecule has 0 saturated carbocycles. The van der Waals surface area contributed by atoms with Crippen molar-refractivity contribution in [3.63, 3.8) is 0 Å². The second-order valence-corrected chi connectivity index (χ2v) is 6.40. The minimum Gasteiger partial charge on any atom is -0.497 e. The van der Waals surface area contributed by atoms with E-state index in [1.807, 2.05) is 38.1 Å². The van der Waals surface area contributed by atoms with Gasteiger partial charge in [0.25, 0.3) is 5.91 Å². The van der Waals surface area contributed by atoms with Crippen molar-refractivity contribution >= 4 is 23.2 Å². The number of aromatic nitrogens is 1. The molecule has 7 heteroatoms. The molecule has 0 atom stereocenters. The molecule has 24 heavy (non-hydrogen) atoms. The van der Waals surface area contributed by atoms with Gasteiger partial charge >= 0.3 is 5.97 Å². The van der Waals surface area contributed by atoms with Gasteiger partial charge in [-0.05, 0) is 30.2 Å². The molecule has 1 aromatic carbocycles. The van der Waals surface area contributed by atoms with Crippen LogP contribution in [0.1, 0.15) is 24.3 Å². The number of rotatable bonds is 7. The predicted octanol–water partition coefficient (Wildman–Crippen LogP) is 2.75. The maximum Gasteiger partial charge on any atom is 0.358 e. The van der Waals surface area contributed by atoms with Gasteiger partial charge in [-0.25, -0.2) is 9.78 Å². The van der Waals surface area contributed by atoms with E-state index >= 15 is 0 Å². The van der Waals surface area contributed by atoms with Crippen molar-refractivity contribution in [1.29, 1.82) is 0 Å². The number of amides is 1. The molecule has 0 bridgehead atoms. The molecular formula is C17H20N2O4S. The quantitative estimate of drug-likeness (QED) is 0.779. The van der Waals surface area contributed by atoms with Gasteiger partial charge in [0.1, 0.15) is 10.8 Å². The molecule has 2 aromatic rings. The minimum absolute atomic E-state index is 0.197. The van der Waals surface area contributed by atoms with E-state index in [0.29, 0.717) is 17.5 Å². The van der Waals surface area contributed by atoms with Crippen LogP contribution in [0.4, 0.5) is 0 Å². The number of nitrogens with zero attached hydrogens (tertiary/aromatic N) is 1. The summed E-state index contributed by atoms with van der Waals surface area (Å²) in [5.41, 5.74) is 1.08. The summed E-state index contributed by atoms with van der Waals surface area (Å²) < 4.78 is 10.1. The van der Waals surface area contributed by atoms with Crippen LogP contribution >= 0.6 is 11.3 Å². The Morgan fingerprint density at radius 1 is 1.25 bits per heavy atom. The summed E-state index contributed by atoms with van der Waals surface area (Å²) in [6, 6.07) is 7.39. The monoisotopic (exact) mass is 348 g/mol. The van der Waals surface area contributed by atoms with Gasteiger partial charge in [-0.2, -0.15) is 0 Å². The Morgan fingerprint density at radius 2 is 1.96 bits per heavy atom. The number of carbonyl (C=O) groups is 2. The van der Waals surface area contributed by atoms with Crippen molar-refractivity contribution in [2.24, 2.45) is 5.92 Å². The lowest BCUT2D eigenvalue weighted by atomic mass is 10.2. The summed E-state index contributed by atoms with van der Waals surface area (Å²) in [5.74, 6) is 0.172. The van der Waals surface area contributed by atoms with Gasteiger partial charge in [0.2, 0.25) is 0 Å². The van der Waals surface area contributed by atoms with Crippen LogP contribution in [0.2, 0.25) is 0 Å². The normalized spacial score (nSPS) is 10.5. The van der Waals surface area contributed by atoms with Crippen LogP contribution in [0, 0.1) is 5.92 Å². The van der Waals surface area contributed by atoms with Crippen LogP contribution in [-0.4, -0.2) is 37.1 Å². The van der Waals surface area contributed by atoms with Gasteiger partial charge in [0.05, 0.1) is 7.11 Å². The standard InChI is InChI=1S/C17H20N2O4S/c1-11(2)8-18-15(20)9-23-17(21)14-10-24-16(19-14)12-4-6-13(22-3)7-5-12/h4-7,10-11H,8-9H2,1-3H3,(H,18,20). The predicted molar refractivity (Wildman–Crippen MR) is 92.2 cm³/mol. The lowest BCUT2D eigenvalue weighted by Crippen LogP contribution is -2.31. The Kier molecular flexibility index (Phi) is 6.31. The summed E-state index contributed by atoms with van der Waals surface area (Å²) in [6.07, 6.45) is 0. The third kappa shape index (κ3) is 5.06. The number of esters is 1. The van der Waals surface area contributed by atoms with Crippen LogP contribution in [0.15, 0.2) is 29.6 Å². The summed E-state index contributed by atoms with van der Waals surface area (Å²) in [7, 11) is 1.60. The molecule has 0 radical (unpaired) electrons. The first-order valence-electron chi connectivity index (χ1n) is 7.53. The minimum atomic E-state index is -0.606. The Morgan fingerprint density at radius 3 is 2.58 bits per heavy atom. The van der Waals surface area contributed by atoms with Crippen LogP contribution in [-0.2, 0) is 9.53 Å². The average Bonchev–Trinajstić information content (AvgIpc) is 3.08. The highest BCUT2D eigenvalue weighted by atomic mass is 32.1. The van der Waals surface area contributed by atoms with Crippen molar-refractivity contribution in [2.45, 2.75) is 13.8 Å². The number of nitrogens with one attached hydrogen (secondary N) is 1. The van der Waals surface area contributed by atoms with Gasteiger partial charge in [0, 0.05) is 17.5 Å². The van der Waals surface area contributed by atoms with Crippen molar-refractivity contribution in [1.82, 2.24) is 10.3 Å². The first-order chi connectivity index (χ1) is 11.5. The fourth-order valence-electron chi connectivity index (χ4n) is 1.81. The molecule has 1 aromatic heterocycles. The van der Waals surface area contributed by atoms with Gasteiger partial charge in [-0.15, -0.1) is 11.3 Å².